The summed E-state index contributed by atoms with van der Waals surface area (Å²) >= 11 is 5.40. The summed E-state index contributed by atoms with van der Waals surface area (Å²) in [7, 11) is -3.29. The molecular formula is C8H18ClNO3S. The highest BCUT2D eigenvalue weighted by Crippen LogP contribution is 2.03. The Morgan fingerprint density at radius 1 is 1.43 bits per heavy atom. The van der Waals surface area contributed by atoms with E-state index in [2.05, 4.69) is 4.72 Å². The number of halogens is 1. The van der Waals surface area contributed by atoms with Crippen LogP contribution in [0.15, 0.2) is 0 Å². The lowest BCUT2D eigenvalue weighted by atomic mass is 10.1. The van der Waals surface area contributed by atoms with Gasteiger partial charge in [0.05, 0.1) is 12.4 Å². The first kappa shape index (κ1) is 14.2. The molecule has 6 heteroatoms. The van der Waals surface area contributed by atoms with Crippen LogP contribution < -0.4 is 4.72 Å². The van der Waals surface area contributed by atoms with Crippen molar-refractivity contribution < 1.29 is 13.5 Å². The second kappa shape index (κ2) is 6.61. The van der Waals surface area contributed by atoms with Crippen molar-refractivity contribution in [2.45, 2.75) is 26.3 Å². The maximum absolute atomic E-state index is 11.4. The van der Waals surface area contributed by atoms with Crippen molar-refractivity contribution >= 4 is 21.6 Å². The standard InChI is InChI=1S/C8H18ClNO3S/c1-7(2)8(6-11)10-14(12,13)5-3-4-9/h7-8,10-11H,3-6H2,1-2H3. The van der Waals surface area contributed by atoms with Gasteiger partial charge in [0.15, 0.2) is 0 Å². The molecule has 0 aliphatic carbocycles. The van der Waals surface area contributed by atoms with Gasteiger partial charge in [-0.3, -0.25) is 0 Å². The molecule has 0 aromatic carbocycles. The molecule has 0 aromatic rings. The molecule has 2 N–H and O–H groups in total. The monoisotopic (exact) mass is 243 g/mol. The first-order valence-electron chi connectivity index (χ1n) is 4.59. The zero-order valence-corrected chi connectivity index (χ0v) is 10.1. The molecule has 4 nitrogen and oxygen atoms in total. The lowest BCUT2D eigenvalue weighted by Crippen LogP contribution is -2.42. The van der Waals surface area contributed by atoms with Gasteiger partial charge in [-0.2, -0.15) is 0 Å². The number of hydrogen-bond donors (Lipinski definition) is 2. The highest BCUT2D eigenvalue weighted by Gasteiger charge is 2.19. The van der Waals surface area contributed by atoms with Crippen LogP contribution in [0.5, 0.6) is 0 Å². The van der Waals surface area contributed by atoms with Gasteiger partial charge in [-0.05, 0) is 12.3 Å². The third-order valence-corrected chi connectivity index (χ3v) is 3.63. The van der Waals surface area contributed by atoms with E-state index in [0.29, 0.717) is 12.3 Å². The summed E-state index contributed by atoms with van der Waals surface area (Å²) in [5.74, 6) is 0.414. The van der Waals surface area contributed by atoms with Crippen molar-refractivity contribution in [1.82, 2.24) is 4.72 Å². The molecule has 0 amide bonds. The van der Waals surface area contributed by atoms with Crippen LogP contribution in [0.2, 0.25) is 0 Å². The van der Waals surface area contributed by atoms with Crippen LogP contribution in [0.1, 0.15) is 20.3 Å². The number of aliphatic hydroxyl groups is 1. The summed E-state index contributed by atoms with van der Waals surface area (Å²) in [4.78, 5) is 0. The van der Waals surface area contributed by atoms with E-state index in [9.17, 15) is 8.42 Å². The fraction of sp³-hybridized carbons (Fsp3) is 1.00. The lowest BCUT2D eigenvalue weighted by molar-refractivity contribution is 0.227. The highest BCUT2D eigenvalue weighted by atomic mass is 35.5. The predicted octanol–water partition coefficient (Wildman–Crippen LogP) is 0.552. The highest BCUT2D eigenvalue weighted by molar-refractivity contribution is 7.89. The van der Waals surface area contributed by atoms with Crippen LogP contribution in [0, 0.1) is 5.92 Å². The molecule has 0 aliphatic heterocycles. The maximum atomic E-state index is 11.4. The summed E-state index contributed by atoms with van der Waals surface area (Å²) in [5.41, 5.74) is 0. The maximum Gasteiger partial charge on any atom is 0.211 e. The van der Waals surface area contributed by atoms with Crippen LogP contribution in [0.4, 0.5) is 0 Å². The Bertz CT molecular complexity index is 241. The van der Waals surface area contributed by atoms with Crippen molar-refractivity contribution in [1.29, 1.82) is 0 Å². The van der Waals surface area contributed by atoms with Crippen molar-refractivity contribution in [2.24, 2.45) is 5.92 Å². The number of rotatable bonds is 7. The van der Waals surface area contributed by atoms with Gasteiger partial charge in [0.1, 0.15) is 0 Å². The number of sulfonamides is 1. The van der Waals surface area contributed by atoms with E-state index in [1.807, 2.05) is 13.8 Å². The Kier molecular flexibility index (Phi) is 6.68. The van der Waals surface area contributed by atoms with Crippen LogP contribution >= 0.6 is 11.6 Å². The zero-order chi connectivity index (χ0) is 11.2. The molecule has 86 valence electrons. The van der Waals surface area contributed by atoms with Crippen molar-refractivity contribution in [3.05, 3.63) is 0 Å². The first-order chi connectivity index (χ1) is 6.43. The third-order valence-electron chi connectivity index (χ3n) is 1.88. The molecule has 0 aliphatic rings. The molecule has 0 bridgehead atoms. The minimum absolute atomic E-state index is 0.0136. The Labute approximate surface area is 90.7 Å². The molecule has 1 unspecified atom stereocenters. The molecule has 0 rings (SSSR count). The average Bonchev–Trinajstić information content (AvgIpc) is 2.10. The molecule has 14 heavy (non-hydrogen) atoms. The minimum atomic E-state index is -3.29. The van der Waals surface area contributed by atoms with Crippen molar-refractivity contribution in [3.63, 3.8) is 0 Å². The molecule has 0 spiro atoms. The number of alkyl halides is 1. The van der Waals surface area contributed by atoms with E-state index in [1.54, 1.807) is 0 Å². The Hall–Kier alpha value is 0.160. The summed E-state index contributed by atoms with van der Waals surface area (Å²) < 4.78 is 25.2. The quantitative estimate of drug-likeness (QED) is 0.642. The normalized spacial score (nSPS) is 14.6. The lowest BCUT2D eigenvalue weighted by Gasteiger charge is -2.19. The number of hydrogen-bond acceptors (Lipinski definition) is 3. The summed E-state index contributed by atoms with van der Waals surface area (Å²) in [6.07, 6.45) is 0.424. The van der Waals surface area contributed by atoms with Crippen LogP contribution in [0.25, 0.3) is 0 Å². The zero-order valence-electron chi connectivity index (χ0n) is 8.53. The second-order valence-corrected chi connectivity index (χ2v) is 5.76. The van der Waals surface area contributed by atoms with E-state index >= 15 is 0 Å². The SMILES string of the molecule is CC(C)C(CO)NS(=O)(=O)CCCCl. The van der Waals surface area contributed by atoms with E-state index in [4.69, 9.17) is 16.7 Å². The molecule has 0 heterocycles. The van der Waals surface area contributed by atoms with Crippen LogP contribution in [-0.2, 0) is 10.0 Å². The molecule has 0 radical (unpaired) electrons. The summed E-state index contributed by atoms with van der Waals surface area (Å²) in [6.45, 7) is 3.52. The van der Waals surface area contributed by atoms with Crippen molar-refractivity contribution in [3.8, 4) is 0 Å². The fourth-order valence-corrected chi connectivity index (χ4v) is 2.66. The van der Waals surface area contributed by atoms with Gasteiger partial charge in [-0.25, -0.2) is 13.1 Å². The molecule has 0 aromatic heterocycles. The van der Waals surface area contributed by atoms with Gasteiger partial charge in [0.25, 0.3) is 0 Å². The van der Waals surface area contributed by atoms with E-state index in [0.717, 1.165) is 0 Å². The fourth-order valence-electron chi connectivity index (χ4n) is 0.918. The third kappa shape index (κ3) is 5.80. The average molecular weight is 244 g/mol. The molecule has 1 atom stereocenters. The number of nitrogens with one attached hydrogen (secondary N) is 1. The summed E-state index contributed by atoms with van der Waals surface area (Å²) in [6, 6.07) is -0.407. The van der Waals surface area contributed by atoms with Crippen molar-refractivity contribution in [2.75, 3.05) is 18.2 Å². The molecular weight excluding hydrogens is 226 g/mol. The second-order valence-electron chi connectivity index (χ2n) is 3.51. The topological polar surface area (TPSA) is 66.4 Å². The smallest absolute Gasteiger partial charge is 0.211 e. The van der Waals surface area contributed by atoms with E-state index < -0.39 is 16.1 Å². The Balaban J connectivity index is 4.18. The van der Waals surface area contributed by atoms with Gasteiger partial charge >= 0.3 is 0 Å². The summed E-state index contributed by atoms with van der Waals surface area (Å²) in [5, 5.41) is 8.93. The van der Waals surface area contributed by atoms with Gasteiger partial charge in [-0.1, -0.05) is 13.8 Å². The van der Waals surface area contributed by atoms with E-state index in [-0.39, 0.29) is 18.3 Å². The predicted molar refractivity (Wildman–Crippen MR) is 58.0 cm³/mol. The largest absolute Gasteiger partial charge is 0.395 e. The van der Waals surface area contributed by atoms with Gasteiger partial charge in [0, 0.05) is 11.9 Å². The van der Waals surface area contributed by atoms with E-state index in [1.165, 1.54) is 0 Å². The van der Waals surface area contributed by atoms with Crippen LogP contribution in [-0.4, -0.2) is 37.8 Å². The van der Waals surface area contributed by atoms with Gasteiger partial charge in [0.2, 0.25) is 10.0 Å². The Morgan fingerprint density at radius 2 is 2.00 bits per heavy atom. The molecule has 0 fully saturated rings. The minimum Gasteiger partial charge on any atom is -0.395 e. The number of aliphatic hydroxyl groups excluding tert-OH is 1. The van der Waals surface area contributed by atoms with Crippen LogP contribution in [0.3, 0.4) is 0 Å². The molecule has 0 saturated carbocycles. The molecule has 0 saturated heterocycles. The van der Waals surface area contributed by atoms with Gasteiger partial charge in [-0.15, -0.1) is 11.6 Å². The first-order valence-corrected chi connectivity index (χ1v) is 6.78. The Morgan fingerprint density at radius 3 is 2.36 bits per heavy atom. The van der Waals surface area contributed by atoms with Gasteiger partial charge < -0.3 is 5.11 Å².